The van der Waals surface area contributed by atoms with Gasteiger partial charge in [-0.3, -0.25) is 0 Å². The molecule has 52 heavy (non-hydrogen) atoms. The molecule has 0 unspecified atom stereocenters. The molecule has 2 aliphatic rings. The van der Waals surface area contributed by atoms with E-state index in [1.54, 1.807) is 47.6 Å². The van der Waals surface area contributed by atoms with Crippen LogP contribution >= 0.6 is 0 Å². The Kier molecular flexibility index (Phi) is 9.80. The van der Waals surface area contributed by atoms with Gasteiger partial charge in [0.15, 0.2) is 9.84 Å². The van der Waals surface area contributed by atoms with Crippen LogP contribution in [0.15, 0.2) is 85.2 Å². The molecule has 2 aromatic heterocycles. The SMILES string of the molecule is Cc1ccc2c(CS(=O)(=O)CC3(F)CC3)c(F)ccc2c1Oc1ncccc1-c1ccnc(N[C@H]2C[C@@H](C)CN(C(=O)OCc3ccccc3)C2)n1. The molecular formula is C39H39F2N5O5S. The standard InChI is InChI=1S/C39H39F2N5O5S/c1-25-19-28(21-46(20-25)38(47)50-22-27-7-4-3-5-8-27)44-37-43-18-14-34(45-37)31-9-6-17-42-36(31)51-35-26(2)10-11-29-30(35)12-13-33(40)32(29)23-52(48,49)24-39(41)15-16-39/h3-14,17-18,25,28H,15-16,19-24H2,1-2H3,(H,43,44,45)/t25-,28+/m1/s1. The molecule has 3 heterocycles. The predicted octanol–water partition coefficient (Wildman–Crippen LogP) is 7.81. The number of rotatable bonds is 11. The number of anilines is 1. The smallest absolute Gasteiger partial charge is 0.410 e. The molecule has 7 rings (SSSR count). The van der Waals surface area contributed by atoms with Crippen LogP contribution in [0.5, 0.6) is 11.6 Å². The van der Waals surface area contributed by atoms with Gasteiger partial charge in [0.1, 0.15) is 23.8 Å². The fourth-order valence-corrected chi connectivity index (χ4v) is 8.60. The van der Waals surface area contributed by atoms with Gasteiger partial charge in [-0.15, -0.1) is 0 Å². The Bertz CT molecular complexity index is 2220. The second kappa shape index (κ2) is 14.5. The average molecular weight is 728 g/mol. The van der Waals surface area contributed by atoms with E-state index in [1.165, 1.54) is 6.07 Å². The van der Waals surface area contributed by atoms with Gasteiger partial charge in [-0.25, -0.2) is 36.9 Å². The molecule has 0 radical (unpaired) electrons. The lowest BCUT2D eigenvalue weighted by Crippen LogP contribution is -2.48. The normalized spacial score (nSPS) is 18.2. The van der Waals surface area contributed by atoms with Crippen LogP contribution in [0.25, 0.3) is 22.0 Å². The number of ether oxygens (including phenoxy) is 2. The third-order valence-corrected chi connectivity index (χ3v) is 11.1. The van der Waals surface area contributed by atoms with E-state index in [-0.39, 0.29) is 48.9 Å². The van der Waals surface area contributed by atoms with Crippen LogP contribution < -0.4 is 10.1 Å². The first-order valence-corrected chi connectivity index (χ1v) is 19.1. The van der Waals surface area contributed by atoms with Crippen molar-refractivity contribution in [2.75, 3.05) is 24.2 Å². The molecule has 10 nitrogen and oxygen atoms in total. The number of aromatic nitrogens is 3. The van der Waals surface area contributed by atoms with E-state index < -0.39 is 32.8 Å². The van der Waals surface area contributed by atoms with Crippen molar-refractivity contribution >= 4 is 32.7 Å². The highest BCUT2D eigenvalue weighted by Crippen LogP contribution is 2.42. The Morgan fingerprint density at radius 2 is 1.77 bits per heavy atom. The lowest BCUT2D eigenvalue weighted by molar-refractivity contribution is 0.0783. The topological polar surface area (TPSA) is 124 Å². The van der Waals surface area contributed by atoms with Gasteiger partial charge >= 0.3 is 6.09 Å². The third kappa shape index (κ3) is 8.14. The number of nitrogens with one attached hydrogen (secondary N) is 1. The molecule has 2 fully saturated rings. The summed E-state index contributed by atoms with van der Waals surface area (Å²) in [5.74, 6) is -0.744. The van der Waals surface area contributed by atoms with Crippen molar-refractivity contribution in [1.82, 2.24) is 19.9 Å². The zero-order chi connectivity index (χ0) is 36.5. The minimum Gasteiger partial charge on any atom is -0.445 e. The third-order valence-electron chi connectivity index (χ3n) is 9.40. The fourth-order valence-electron chi connectivity index (χ4n) is 6.69. The second-order valence-electron chi connectivity index (χ2n) is 13.9. The Hall–Kier alpha value is -5.17. The number of pyridine rings is 1. The maximum Gasteiger partial charge on any atom is 0.410 e. The predicted molar refractivity (Wildman–Crippen MR) is 194 cm³/mol. The van der Waals surface area contributed by atoms with Crippen LogP contribution in [0.1, 0.15) is 42.9 Å². The molecule has 0 bridgehead atoms. The molecule has 1 aliphatic heterocycles. The van der Waals surface area contributed by atoms with Crippen LogP contribution in [0.4, 0.5) is 19.5 Å². The lowest BCUT2D eigenvalue weighted by Gasteiger charge is -2.36. The summed E-state index contributed by atoms with van der Waals surface area (Å²) in [6.45, 7) is 5.11. The highest BCUT2D eigenvalue weighted by atomic mass is 32.2. The van der Waals surface area contributed by atoms with Crippen molar-refractivity contribution in [2.45, 2.75) is 57.2 Å². The summed E-state index contributed by atoms with van der Waals surface area (Å²) < 4.78 is 67.4. The zero-order valence-electron chi connectivity index (χ0n) is 28.9. The summed E-state index contributed by atoms with van der Waals surface area (Å²) in [6, 6.07) is 20.9. The van der Waals surface area contributed by atoms with E-state index in [0.717, 1.165) is 12.0 Å². The van der Waals surface area contributed by atoms with Crippen molar-refractivity contribution in [1.29, 1.82) is 0 Å². The van der Waals surface area contributed by atoms with Crippen molar-refractivity contribution in [2.24, 2.45) is 5.92 Å². The summed E-state index contributed by atoms with van der Waals surface area (Å²) in [7, 11) is -3.92. The molecule has 1 saturated carbocycles. The Morgan fingerprint density at radius 3 is 2.56 bits per heavy atom. The molecule has 2 atom stereocenters. The van der Waals surface area contributed by atoms with Crippen LogP contribution in [-0.4, -0.2) is 64.9 Å². The summed E-state index contributed by atoms with van der Waals surface area (Å²) in [6.07, 6.45) is 4.03. The van der Waals surface area contributed by atoms with Gasteiger partial charge in [0.25, 0.3) is 0 Å². The number of hydrogen-bond donors (Lipinski definition) is 1. The minimum absolute atomic E-state index is 0.0283. The van der Waals surface area contributed by atoms with E-state index in [2.05, 4.69) is 22.2 Å². The number of nitrogens with zero attached hydrogens (tertiary/aromatic N) is 4. The zero-order valence-corrected chi connectivity index (χ0v) is 29.7. The monoisotopic (exact) mass is 727 g/mol. The van der Waals surface area contributed by atoms with E-state index >= 15 is 4.39 Å². The summed E-state index contributed by atoms with van der Waals surface area (Å²) in [5.41, 5.74) is 0.977. The highest BCUT2D eigenvalue weighted by molar-refractivity contribution is 7.90. The lowest BCUT2D eigenvalue weighted by atomic mass is 9.96. The number of likely N-dealkylation sites (tertiary alicyclic amines) is 1. The Morgan fingerprint density at radius 1 is 0.981 bits per heavy atom. The quantitative estimate of drug-likeness (QED) is 0.145. The first-order chi connectivity index (χ1) is 25.0. The number of piperidine rings is 1. The molecule has 13 heteroatoms. The van der Waals surface area contributed by atoms with Crippen LogP contribution in [-0.2, 0) is 26.9 Å². The summed E-state index contributed by atoms with van der Waals surface area (Å²) in [5, 5.41) is 4.24. The van der Waals surface area contributed by atoms with E-state index in [0.29, 0.717) is 52.4 Å². The first kappa shape index (κ1) is 35.2. The average Bonchev–Trinajstić information content (AvgIpc) is 3.85. The Balaban J connectivity index is 1.10. The first-order valence-electron chi connectivity index (χ1n) is 17.2. The number of fused-ring (bicyclic) bond motifs is 1. The van der Waals surface area contributed by atoms with Gasteiger partial charge < -0.3 is 19.7 Å². The number of benzene rings is 3. The van der Waals surface area contributed by atoms with Gasteiger partial charge in [0.05, 0.1) is 22.8 Å². The number of carbonyl (C=O) groups excluding carboxylic acids is 1. The van der Waals surface area contributed by atoms with Gasteiger partial charge in [0, 0.05) is 42.5 Å². The van der Waals surface area contributed by atoms with Crippen LogP contribution in [0.3, 0.4) is 0 Å². The molecule has 0 spiro atoms. The number of alkyl halides is 1. The van der Waals surface area contributed by atoms with E-state index in [4.69, 9.17) is 14.5 Å². The molecule has 5 aromatic rings. The fraction of sp³-hybridized carbons (Fsp3) is 0.333. The number of aryl methyl sites for hydroxylation is 1. The minimum atomic E-state index is -3.92. The second-order valence-corrected chi connectivity index (χ2v) is 15.9. The molecule has 1 saturated heterocycles. The van der Waals surface area contributed by atoms with Gasteiger partial charge in [-0.1, -0.05) is 49.4 Å². The number of hydrogen-bond acceptors (Lipinski definition) is 9. The number of amides is 1. The van der Waals surface area contributed by atoms with Crippen molar-refractivity contribution in [3.63, 3.8) is 0 Å². The van der Waals surface area contributed by atoms with Crippen molar-refractivity contribution < 1.29 is 31.5 Å². The van der Waals surface area contributed by atoms with Crippen LogP contribution in [0, 0.1) is 18.7 Å². The molecule has 1 amide bonds. The van der Waals surface area contributed by atoms with Crippen molar-refractivity contribution in [3.8, 4) is 22.9 Å². The molecule has 3 aromatic carbocycles. The molecule has 1 N–H and O–H groups in total. The van der Waals surface area contributed by atoms with Crippen LogP contribution in [0.2, 0.25) is 0 Å². The maximum absolute atomic E-state index is 15.2. The molecule has 1 aliphatic carbocycles. The van der Waals surface area contributed by atoms with E-state index in [9.17, 15) is 17.6 Å². The summed E-state index contributed by atoms with van der Waals surface area (Å²) >= 11 is 0. The molecule has 270 valence electrons. The highest BCUT2D eigenvalue weighted by Gasteiger charge is 2.47. The largest absolute Gasteiger partial charge is 0.445 e. The van der Waals surface area contributed by atoms with Gasteiger partial charge in [-0.2, -0.15) is 0 Å². The number of sulfone groups is 1. The number of halogens is 2. The van der Waals surface area contributed by atoms with Gasteiger partial charge in [-0.05, 0) is 78.9 Å². The molecular weight excluding hydrogens is 689 g/mol. The number of carbonyl (C=O) groups is 1. The van der Waals surface area contributed by atoms with E-state index in [1.807, 2.05) is 43.3 Å². The van der Waals surface area contributed by atoms with Crippen molar-refractivity contribution in [3.05, 3.63) is 108 Å². The maximum atomic E-state index is 15.2. The summed E-state index contributed by atoms with van der Waals surface area (Å²) in [4.78, 5) is 28.4. The Labute approximate surface area is 301 Å². The van der Waals surface area contributed by atoms with Gasteiger partial charge in [0.2, 0.25) is 11.8 Å².